The Labute approximate surface area is 261 Å². The Kier molecular flexibility index (Phi) is 8.16. The molecule has 0 saturated carbocycles. The number of aryl methyl sites for hydroxylation is 1. The van der Waals surface area contributed by atoms with Gasteiger partial charge in [-0.25, -0.2) is 14.8 Å². The second kappa shape index (κ2) is 12.0. The van der Waals surface area contributed by atoms with Gasteiger partial charge in [0.15, 0.2) is 26.5 Å². The number of hydrogen-bond acceptors (Lipinski definition) is 11. The summed E-state index contributed by atoms with van der Waals surface area (Å²) in [5, 5.41) is 0.838. The van der Waals surface area contributed by atoms with Crippen LogP contribution in [0, 0.1) is 6.92 Å². The molecule has 0 aliphatic carbocycles. The molecular weight excluding hydrogens is 660 g/mol. The first-order valence-electron chi connectivity index (χ1n) is 13.4. The number of benzene rings is 1. The second-order valence-corrected chi connectivity index (χ2v) is 12.4. The lowest BCUT2D eigenvalue weighted by molar-refractivity contribution is -0.139. The van der Waals surface area contributed by atoms with Gasteiger partial charge in [0.1, 0.15) is 5.76 Å². The molecule has 14 heteroatoms. The molecular formula is C29H25BrN4O7S2. The Morgan fingerprint density at radius 1 is 1.23 bits per heavy atom. The normalized spacial score (nSPS) is 15.9. The molecule has 2 aliphatic rings. The molecule has 0 radical (unpaired) electrons. The lowest BCUT2D eigenvalue weighted by Gasteiger charge is -2.25. The van der Waals surface area contributed by atoms with Crippen LogP contribution in [0.1, 0.15) is 49.7 Å². The highest BCUT2D eigenvalue weighted by Crippen LogP contribution is 2.39. The van der Waals surface area contributed by atoms with E-state index in [1.54, 1.807) is 38.1 Å². The molecule has 6 rings (SSSR count). The van der Waals surface area contributed by atoms with Crippen LogP contribution in [0.4, 0.5) is 0 Å². The highest BCUT2D eigenvalue weighted by Gasteiger charge is 2.35. The third-order valence-corrected chi connectivity index (χ3v) is 9.30. The summed E-state index contributed by atoms with van der Waals surface area (Å²) >= 11 is 5.85. The fourth-order valence-corrected chi connectivity index (χ4v) is 7.21. The molecule has 1 atom stereocenters. The Bertz CT molecular complexity index is 2020. The van der Waals surface area contributed by atoms with Gasteiger partial charge in [0.05, 0.1) is 32.9 Å². The van der Waals surface area contributed by atoms with Gasteiger partial charge in [0.25, 0.3) is 11.1 Å². The fraction of sp³-hybridized carbons (Fsp3) is 0.276. The monoisotopic (exact) mass is 684 g/mol. The van der Waals surface area contributed by atoms with E-state index in [0.717, 1.165) is 18.2 Å². The number of thiazole rings is 1. The Hall–Kier alpha value is -3.88. The largest absolute Gasteiger partial charge is 0.463 e. The molecule has 0 bridgehead atoms. The number of furan rings is 1. The zero-order chi connectivity index (χ0) is 30.2. The first-order chi connectivity index (χ1) is 20.7. The van der Waals surface area contributed by atoms with Crippen molar-refractivity contribution in [1.29, 1.82) is 0 Å². The van der Waals surface area contributed by atoms with Crippen LogP contribution < -0.4 is 29.9 Å². The Morgan fingerprint density at radius 2 is 2.05 bits per heavy atom. The van der Waals surface area contributed by atoms with Crippen LogP contribution in [-0.4, -0.2) is 33.9 Å². The van der Waals surface area contributed by atoms with E-state index in [1.807, 2.05) is 13.0 Å². The number of aromatic nitrogens is 3. The SMILES string of the molecule is CCCC1=C(C(=O)OCC)[C@H](c2ccc3c(c2)OCO3)n2c(s/c(=C/c3cc(Br)c(Sc4nc(C)cc(=O)[nH]4)o3)c2=O)=N1. The third-order valence-electron chi connectivity index (χ3n) is 6.59. The van der Waals surface area contributed by atoms with Gasteiger partial charge in [-0.1, -0.05) is 30.7 Å². The van der Waals surface area contributed by atoms with E-state index < -0.39 is 12.0 Å². The molecule has 4 aromatic rings. The van der Waals surface area contributed by atoms with Crippen LogP contribution >= 0.6 is 39.0 Å². The summed E-state index contributed by atoms with van der Waals surface area (Å²) in [5.74, 6) is 1.01. The van der Waals surface area contributed by atoms with Crippen LogP contribution in [-0.2, 0) is 9.53 Å². The minimum atomic E-state index is -0.785. The molecule has 0 unspecified atom stereocenters. The topological polar surface area (TPSA) is 138 Å². The second-order valence-electron chi connectivity index (χ2n) is 9.60. The zero-order valence-corrected chi connectivity index (χ0v) is 26.5. The van der Waals surface area contributed by atoms with Crippen LogP contribution in [0.2, 0.25) is 0 Å². The van der Waals surface area contributed by atoms with E-state index in [1.165, 1.54) is 22.0 Å². The zero-order valence-electron chi connectivity index (χ0n) is 23.3. The summed E-state index contributed by atoms with van der Waals surface area (Å²) in [7, 11) is 0. The van der Waals surface area contributed by atoms with E-state index in [9.17, 15) is 14.4 Å². The minimum absolute atomic E-state index is 0.0954. The standard InChI is InChI=1S/C29H25BrN4O7S2/c1-4-6-18-23(26(37)38-5-2)24(15-7-8-19-20(10-15)40-13-39-19)34-25(36)21(42-29(34)32-18)12-16-11-17(30)27(41-16)43-28-31-14(3)9-22(35)33-28/h7-12,24H,4-6,13H2,1-3H3,(H,31,33,35)/b21-12+/t24-/m0/s1. The Morgan fingerprint density at radius 3 is 2.81 bits per heavy atom. The number of nitrogens with one attached hydrogen (secondary N) is 1. The number of halogens is 1. The fourth-order valence-electron chi connectivity index (χ4n) is 4.85. The van der Waals surface area contributed by atoms with Crippen LogP contribution in [0.15, 0.2) is 75.3 Å². The molecule has 0 fully saturated rings. The predicted molar refractivity (Wildman–Crippen MR) is 162 cm³/mol. The van der Waals surface area contributed by atoms with Crippen molar-refractivity contribution >= 4 is 51.1 Å². The number of rotatable bonds is 8. The van der Waals surface area contributed by atoms with Crippen molar-refractivity contribution in [3.05, 3.63) is 93.1 Å². The molecule has 0 spiro atoms. The summed E-state index contributed by atoms with van der Waals surface area (Å²) in [6, 6.07) is 7.73. The molecule has 222 valence electrons. The molecule has 5 heterocycles. The van der Waals surface area contributed by atoms with Gasteiger partial charge in [0, 0.05) is 17.8 Å². The van der Waals surface area contributed by atoms with Gasteiger partial charge in [-0.05, 0) is 71.7 Å². The maximum Gasteiger partial charge on any atom is 0.338 e. The predicted octanol–water partition coefficient (Wildman–Crippen LogP) is 4.21. The molecule has 1 aromatic carbocycles. The third kappa shape index (κ3) is 5.74. The highest BCUT2D eigenvalue weighted by molar-refractivity contribution is 9.10. The smallest absolute Gasteiger partial charge is 0.338 e. The number of aromatic amines is 1. The number of H-pyrrole nitrogens is 1. The van der Waals surface area contributed by atoms with Gasteiger partial charge >= 0.3 is 5.97 Å². The van der Waals surface area contributed by atoms with Crippen molar-refractivity contribution in [2.75, 3.05) is 13.4 Å². The first kappa shape index (κ1) is 29.2. The van der Waals surface area contributed by atoms with Crippen molar-refractivity contribution in [3.8, 4) is 11.5 Å². The lowest BCUT2D eigenvalue weighted by atomic mass is 9.94. The average Bonchev–Trinajstić information content (AvgIpc) is 3.65. The number of carbonyl (C=O) groups excluding carboxylic acids is 1. The maximum absolute atomic E-state index is 14.0. The van der Waals surface area contributed by atoms with Crippen LogP contribution in [0.3, 0.4) is 0 Å². The van der Waals surface area contributed by atoms with Crippen molar-refractivity contribution in [1.82, 2.24) is 14.5 Å². The summed E-state index contributed by atoms with van der Waals surface area (Å²) in [4.78, 5) is 51.5. The molecule has 1 N–H and O–H groups in total. The molecule has 11 nitrogen and oxygen atoms in total. The van der Waals surface area contributed by atoms with Gasteiger partial charge in [-0.2, -0.15) is 0 Å². The maximum atomic E-state index is 14.0. The first-order valence-corrected chi connectivity index (χ1v) is 15.8. The van der Waals surface area contributed by atoms with Gasteiger partial charge in [-0.3, -0.25) is 14.2 Å². The van der Waals surface area contributed by atoms with Crippen molar-refractivity contribution in [2.24, 2.45) is 4.99 Å². The number of nitrogens with zero attached hydrogens (tertiary/aromatic N) is 3. The number of esters is 1. The summed E-state index contributed by atoms with van der Waals surface area (Å²) in [6.45, 7) is 5.75. The van der Waals surface area contributed by atoms with Gasteiger partial charge in [0.2, 0.25) is 6.79 Å². The molecule has 2 aliphatic heterocycles. The average molecular weight is 686 g/mol. The van der Waals surface area contributed by atoms with E-state index in [-0.39, 0.29) is 24.5 Å². The molecule has 0 amide bonds. The number of carbonyl (C=O) groups is 1. The van der Waals surface area contributed by atoms with E-state index in [0.29, 0.717) is 70.3 Å². The summed E-state index contributed by atoms with van der Waals surface area (Å²) in [6.07, 6.45) is 2.91. The highest BCUT2D eigenvalue weighted by atomic mass is 79.9. The summed E-state index contributed by atoms with van der Waals surface area (Å²) < 4.78 is 25.1. The van der Waals surface area contributed by atoms with Crippen molar-refractivity contribution in [2.45, 2.75) is 49.9 Å². The van der Waals surface area contributed by atoms with Crippen LogP contribution in [0.5, 0.6) is 11.5 Å². The van der Waals surface area contributed by atoms with E-state index >= 15 is 0 Å². The lowest BCUT2D eigenvalue weighted by Crippen LogP contribution is -2.40. The number of fused-ring (bicyclic) bond motifs is 2. The number of ether oxygens (including phenoxy) is 3. The summed E-state index contributed by atoms with van der Waals surface area (Å²) in [5.41, 5.74) is 1.55. The molecule has 3 aromatic heterocycles. The number of allylic oxidation sites excluding steroid dienone is 1. The Balaban J connectivity index is 1.47. The molecule has 43 heavy (non-hydrogen) atoms. The molecule has 0 saturated heterocycles. The number of hydrogen-bond donors (Lipinski definition) is 1. The van der Waals surface area contributed by atoms with Crippen molar-refractivity contribution < 1.29 is 23.4 Å². The van der Waals surface area contributed by atoms with E-state index in [2.05, 4.69) is 25.9 Å². The van der Waals surface area contributed by atoms with Gasteiger partial charge in [-0.15, -0.1) is 0 Å². The van der Waals surface area contributed by atoms with Gasteiger partial charge < -0.3 is 23.6 Å². The van der Waals surface area contributed by atoms with E-state index in [4.69, 9.17) is 23.6 Å². The quantitative estimate of drug-likeness (QED) is 0.214. The minimum Gasteiger partial charge on any atom is -0.463 e. The van der Waals surface area contributed by atoms with Crippen LogP contribution in [0.25, 0.3) is 6.08 Å². The van der Waals surface area contributed by atoms with Crippen molar-refractivity contribution in [3.63, 3.8) is 0 Å².